The van der Waals surface area contributed by atoms with Gasteiger partial charge < -0.3 is 0 Å². The van der Waals surface area contributed by atoms with Gasteiger partial charge in [0.2, 0.25) is 0 Å². The second-order valence-corrected chi connectivity index (χ2v) is 10.8. The number of aromatic nitrogens is 1. The van der Waals surface area contributed by atoms with Crippen molar-refractivity contribution in [3.63, 3.8) is 0 Å². The van der Waals surface area contributed by atoms with Crippen molar-refractivity contribution < 1.29 is 0 Å². The van der Waals surface area contributed by atoms with Crippen molar-refractivity contribution >= 4 is 0 Å². The average Bonchev–Trinajstić information content (AvgIpc) is 2.22. The van der Waals surface area contributed by atoms with E-state index in [4.69, 9.17) is 4.98 Å². The molecule has 0 aromatic carbocycles. The Balaban J connectivity index is 3.90. The Morgan fingerprint density at radius 2 is 0.773 bits per heavy atom. The zero-order valence-electron chi connectivity index (χ0n) is 17.0. The third-order valence-electron chi connectivity index (χ3n) is 4.06. The Morgan fingerprint density at radius 1 is 0.500 bits per heavy atom. The predicted molar refractivity (Wildman–Crippen MR) is 99.0 cm³/mol. The molecule has 0 aliphatic rings. The average molecular weight is 304 g/mol. The Kier molecular flexibility index (Phi) is 4.67. The second kappa shape index (κ2) is 5.35. The first kappa shape index (κ1) is 19.2. The van der Waals surface area contributed by atoms with E-state index in [0.29, 0.717) is 0 Å². The zero-order valence-corrected chi connectivity index (χ0v) is 17.0. The topological polar surface area (TPSA) is 12.9 Å². The zero-order chi connectivity index (χ0) is 17.7. The number of hydrogen-bond acceptors (Lipinski definition) is 1. The summed E-state index contributed by atoms with van der Waals surface area (Å²) in [5.41, 5.74) is 5.59. The molecule has 22 heavy (non-hydrogen) atoms. The van der Waals surface area contributed by atoms with Crippen LogP contribution in [0.15, 0.2) is 6.07 Å². The summed E-state index contributed by atoms with van der Waals surface area (Å²) >= 11 is 0. The summed E-state index contributed by atoms with van der Waals surface area (Å²) in [6.07, 6.45) is 0. The molecule has 1 aromatic heterocycles. The van der Waals surface area contributed by atoms with E-state index >= 15 is 0 Å². The standard InChI is InChI=1S/C21H37N/c1-18(2,3)14-13-15(19(4,5)6)17(21(10,11)12)22-16(14)20(7,8)9/h13H,1-12H3. The van der Waals surface area contributed by atoms with E-state index in [1.165, 1.54) is 22.5 Å². The highest BCUT2D eigenvalue weighted by Crippen LogP contribution is 2.40. The molecule has 1 heteroatoms. The van der Waals surface area contributed by atoms with E-state index in [-0.39, 0.29) is 21.7 Å². The van der Waals surface area contributed by atoms with Crippen molar-refractivity contribution in [2.75, 3.05) is 0 Å². The van der Waals surface area contributed by atoms with Crippen LogP contribution in [0, 0.1) is 0 Å². The third kappa shape index (κ3) is 4.12. The van der Waals surface area contributed by atoms with Gasteiger partial charge in [0.05, 0.1) is 0 Å². The van der Waals surface area contributed by atoms with Crippen molar-refractivity contribution in [2.24, 2.45) is 0 Å². The number of nitrogens with zero attached hydrogens (tertiary/aromatic N) is 1. The molecule has 0 saturated heterocycles. The van der Waals surface area contributed by atoms with Gasteiger partial charge in [-0.2, -0.15) is 0 Å². The van der Waals surface area contributed by atoms with E-state index in [2.05, 4.69) is 89.2 Å². The largest absolute Gasteiger partial charge is 0.256 e. The van der Waals surface area contributed by atoms with Gasteiger partial charge in [-0.25, -0.2) is 0 Å². The van der Waals surface area contributed by atoms with E-state index < -0.39 is 0 Å². The lowest BCUT2D eigenvalue weighted by atomic mass is 9.72. The first-order valence-electron chi connectivity index (χ1n) is 8.52. The highest BCUT2D eigenvalue weighted by molar-refractivity contribution is 5.43. The minimum absolute atomic E-state index is 0.0546. The lowest BCUT2D eigenvalue weighted by Crippen LogP contribution is -2.30. The van der Waals surface area contributed by atoms with Gasteiger partial charge in [-0.1, -0.05) is 89.2 Å². The van der Waals surface area contributed by atoms with E-state index in [0.717, 1.165) is 0 Å². The number of pyridine rings is 1. The van der Waals surface area contributed by atoms with Crippen LogP contribution in [0.4, 0.5) is 0 Å². The first-order valence-corrected chi connectivity index (χ1v) is 8.52. The molecule has 0 N–H and O–H groups in total. The summed E-state index contributed by atoms with van der Waals surface area (Å²) in [5.74, 6) is 0. The summed E-state index contributed by atoms with van der Waals surface area (Å²) in [4.78, 5) is 5.25. The molecule has 0 bridgehead atoms. The van der Waals surface area contributed by atoms with Crippen molar-refractivity contribution in [3.8, 4) is 0 Å². The van der Waals surface area contributed by atoms with Crippen molar-refractivity contribution in [2.45, 2.75) is 105 Å². The summed E-state index contributed by atoms with van der Waals surface area (Å²) < 4.78 is 0. The van der Waals surface area contributed by atoms with Crippen LogP contribution in [0.2, 0.25) is 0 Å². The Labute approximate surface area is 138 Å². The van der Waals surface area contributed by atoms with Crippen LogP contribution in [-0.4, -0.2) is 4.98 Å². The van der Waals surface area contributed by atoms with Gasteiger partial charge in [-0.15, -0.1) is 0 Å². The van der Waals surface area contributed by atoms with Gasteiger partial charge >= 0.3 is 0 Å². The van der Waals surface area contributed by atoms with Crippen LogP contribution in [0.3, 0.4) is 0 Å². The molecule has 0 amide bonds. The monoisotopic (exact) mass is 303 g/mol. The molecule has 1 nitrogen and oxygen atoms in total. The van der Waals surface area contributed by atoms with Gasteiger partial charge in [-0.3, -0.25) is 4.98 Å². The van der Waals surface area contributed by atoms with E-state index in [1.54, 1.807) is 0 Å². The maximum Gasteiger partial charge on any atom is 0.0498 e. The van der Waals surface area contributed by atoms with E-state index in [1.807, 2.05) is 0 Å². The summed E-state index contributed by atoms with van der Waals surface area (Å²) in [6, 6.07) is 2.44. The Morgan fingerprint density at radius 3 is 0.955 bits per heavy atom. The molecule has 0 aliphatic carbocycles. The fraction of sp³-hybridized carbons (Fsp3) is 0.762. The quantitative estimate of drug-likeness (QED) is 0.550. The summed E-state index contributed by atoms with van der Waals surface area (Å²) in [7, 11) is 0. The highest BCUT2D eigenvalue weighted by Gasteiger charge is 2.33. The van der Waals surface area contributed by atoms with Crippen molar-refractivity contribution in [3.05, 3.63) is 28.6 Å². The molecular formula is C21H37N. The van der Waals surface area contributed by atoms with Crippen molar-refractivity contribution in [1.82, 2.24) is 4.98 Å². The summed E-state index contributed by atoms with van der Waals surface area (Å²) in [5, 5.41) is 0. The number of rotatable bonds is 0. The minimum Gasteiger partial charge on any atom is -0.256 e. The molecule has 0 saturated carbocycles. The number of hydrogen-bond donors (Lipinski definition) is 0. The normalized spacial score (nSPS) is 14.4. The molecule has 0 spiro atoms. The minimum atomic E-state index is 0.0546. The molecule has 0 fully saturated rings. The van der Waals surface area contributed by atoms with Gasteiger partial charge in [0.15, 0.2) is 0 Å². The molecular weight excluding hydrogens is 266 g/mol. The van der Waals surface area contributed by atoms with E-state index in [9.17, 15) is 0 Å². The molecule has 0 radical (unpaired) electrons. The molecule has 1 rings (SSSR count). The Hall–Kier alpha value is -0.850. The third-order valence-corrected chi connectivity index (χ3v) is 4.06. The molecule has 0 atom stereocenters. The fourth-order valence-corrected chi connectivity index (χ4v) is 2.80. The lowest BCUT2D eigenvalue weighted by Gasteiger charge is -2.36. The summed E-state index contributed by atoms with van der Waals surface area (Å²) in [6.45, 7) is 27.4. The van der Waals surface area contributed by atoms with Gasteiger partial charge in [0, 0.05) is 22.2 Å². The lowest BCUT2D eigenvalue weighted by molar-refractivity contribution is 0.472. The van der Waals surface area contributed by atoms with Crippen LogP contribution >= 0.6 is 0 Å². The molecule has 126 valence electrons. The SMILES string of the molecule is CC(C)(C)c1cc(C(C)(C)C)c(C(C)(C)C)nc1C(C)(C)C. The maximum absolute atomic E-state index is 5.25. The van der Waals surface area contributed by atoms with Crippen LogP contribution < -0.4 is 0 Å². The van der Waals surface area contributed by atoms with Gasteiger partial charge in [-0.05, 0) is 22.0 Å². The molecule has 0 unspecified atom stereocenters. The Bertz CT molecular complexity index is 439. The smallest absolute Gasteiger partial charge is 0.0498 e. The van der Waals surface area contributed by atoms with Gasteiger partial charge in [0.1, 0.15) is 0 Å². The fourth-order valence-electron chi connectivity index (χ4n) is 2.80. The molecule has 1 aromatic rings. The van der Waals surface area contributed by atoms with Crippen molar-refractivity contribution in [1.29, 1.82) is 0 Å². The predicted octanol–water partition coefficient (Wildman–Crippen LogP) is 6.27. The van der Waals surface area contributed by atoms with Crippen LogP contribution in [-0.2, 0) is 21.7 Å². The first-order chi connectivity index (χ1) is 9.45. The van der Waals surface area contributed by atoms with Crippen LogP contribution in [0.5, 0.6) is 0 Å². The van der Waals surface area contributed by atoms with Gasteiger partial charge in [0.25, 0.3) is 0 Å². The molecule has 0 aliphatic heterocycles. The highest BCUT2D eigenvalue weighted by atomic mass is 14.8. The van der Waals surface area contributed by atoms with Crippen LogP contribution in [0.1, 0.15) is 106 Å². The maximum atomic E-state index is 5.25. The molecule has 1 heterocycles. The van der Waals surface area contributed by atoms with Crippen LogP contribution in [0.25, 0.3) is 0 Å². The second-order valence-electron chi connectivity index (χ2n) is 10.8.